The van der Waals surface area contributed by atoms with Crippen LogP contribution < -0.4 is 0 Å². The molecule has 2 rings (SSSR count). The molecule has 1 unspecified atom stereocenters. The van der Waals surface area contributed by atoms with Crippen molar-refractivity contribution in [1.82, 2.24) is 0 Å². The maximum absolute atomic E-state index is 6.42. The normalized spacial score (nSPS) is 12.4. The first-order chi connectivity index (χ1) is 8.56. The quantitative estimate of drug-likeness (QED) is 0.626. The predicted molar refractivity (Wildman–Crippen MR) is 79.9 cm³/mol. The zero-order valence-corrected chi connectivity index (χ0v) is 12.2. The highest BCUT2D eigenvalue weighted by Crippen LogP contribution is 2.29. The van der Waals surface area contributed by atoms with Gasteiger partial charge in [0.1, 0.15) is 0 Å². The SMILES string of the molecule is Cc1ccc(C(Cl)Cc2cccc(Cl)c2)cc1Cl. The molecule has 2 aromatic rings. The van der Waals surface area contributed by atoms with Crippen LogP contribution in [0.15, 0.2) is 42.5 Å². The second kappa shape index (κ2) is 5.97. The van der Waals surface area contributed by atoms with Gasteiger partial charge in [-0.25, -0.2) is 0 Å². The molecule has 0 aliphatic rings. The lowest BCUT2D eigenvalue weighted by molar-refractivity contribution is 0.919. The molecular weight excluding hydrogens is 287 g/mol. The van der Waals surface area contributed by atoms with E-state index in [2.05, 4.69) is 0 Å². The number of aryl methyl sites for hydroxylation is 1. The number of halogens is 3. The van der Waals surface area contributed by atoms with E-state index in [1.54, 1.807) is 0 Å². The van der Waals surface area contributed by atoms with Gasteiger partial charge < -0.3 is 0 Å². The lowest BCUT2D eigenvalue weighted by Crippen LogP contribution is -1.96. The minimum atomic E-state index is -0.0958. The molecule has 0 fully saturated rings. The Bertz CT molecular complexity index is 549. The van der Waals surface area contributed by atoms with Crippen LogP contribution in [0.5, 0.6) is 0 Å². The molecule has 0 aliphatic carbocycles. The molecule has 0 radical (unpaired) electrons. The lowest BCUT2D eigenvalue weighted by Gasteiger charge is -2.11. The van der Waals surface area contributed by atoms with E-state index in [4.69, 9.17) is 34.8 Å². The Morgan fingerprint density at radius 3 is 2.50 bits per heavy atom. The Hall–Kier alpha value is -0.690. The Labute approximate surface area is 122 Å². The van der Waals surface area contributed by atoms with Crippen molar-refractivity contribution in [3.05, 3.63) is 69.2 Å². The second-order valence-electron chi connectivity index (χ2n) is 4.31. The number of hydrogen-bond donors (Lipinski definition) is 0. The summed E-state index contributed by atoms with van der Waals surface area (Å²) in [6, 6.07) is 13.7. The molecule has 2 aromatic carbocycles. The van der Waals surface area contributed by atoms with Gasteiger partial charge >= 0.3 is 0 Å². The Morgan fingerprint density at radius 2 is 1.83 bits per heavy atom. The van der Waals surface area contributed by atoms with Crippen molar-refractivity contribution >= 4 is 34.8 Å². The van der Waals surface area contributed by atoms with Gasteiger partial charge in [-0.1, -0.05) is 47.5 Å². The molecule has 0 N–H and O–H groups in total. The minimum Gasteiger partial charge on any atom is -0.117 e. The summed E-state index contributed by atoms with van der Waals surface area (Å²) in [5.41, 5.74) is 3.22. The summed E-state index contributed by atoms with van der Waals surface area (Å²) >= 11 is 18.5. The van der Waals surface area contributed by atoms with E-state index in [9.17, 15) is 0 Å². The Kier molecular flexibility index (Phi) is 4.55. The van der Waals surface area contributed by atoms with Crippen LogP contribution in [-0.2, 0) is 6.42 Å². The van der Waals surface area contributed by atoms with E-state index < -0.39 is 0 Å². The first-order valence-electron chi connectivity index (χ1n) is 5.71. The molecule has 0 heterocycles. The van der Waals surface area contributed by atoms with Crippen LogP contribution in [0.2, 0.25) is 10.0 Å². The van der Waals surface area contributed by atoms with Crippen LogP contribution in [-0.4, -0.2) is 0 Å². The number of hydrogen-bond acceptors (Lipinski definition) is 0. The van der Waals surface area contributed by atoms with Crippen molar-refractivity contribution in [2.24, 2.45) is 0 Å². The van der Waals surface area contributed by atoms with Crippen LogP contribution in [0.4, 0.5) is 0 Å². The van der Waals surface area contributed by atoms with E-state index in [0.29, 0.717) is 0 Å². The fourth-order valence-electron chi connectivity index (χ4n) is 1.79. The van der Waals surface area contributed by atoms with Gasteiger partial charge in [-0.3, -0.25) is 0 Å². The first kappa shape index (κ1) is 13.7. The largest absolute Gasteiger partial charge is 0.117 e. The topological polar surface area (TPSA) is 0 Å². The minimum absolute atomic E-state index is 0.0958. The number of alkyl halides is 1. The zero-order valence-electron chi connectivity index (χ0n) is 9.96. The zero-order chi connectivity index (χ0) is 13.1. The summed E-state index contributed by atoms with van der Waals surface area (Å²) in [6.07, 6.45) is 0.738. The number of rotatable bonds is 3. The van der Waals surface area contributed by atoms with Crippen molar-refractivity contribution in [2.45, 2.75) is 18.7 Å². The molecule has 18 heavy (non-hydrogen) atoms. The molecule has 0 aromatic heterocycles. The van der Waals surface area contributed by atoms with E-state index in [0.717, 1.165) is 33.2 Å². The summed E-state index contributed by atoms with van der Waals surface area (Å²) < 4.78 is 0. The van der Waals surface area contributed by atoms with Crippen molar-refractivity contribution in [2.75, 3.05) is 0 Å². The van der Waals surface area contributed by atoms with Gasteiger partial charge in [0.2, 0.25) is 0 Å². The summed E-state index contributed by atoms with van der Waals surface area (Å²) in [5.74, 6) is 0. The lowest BCUT2D eigenvalue weighted by atomic mass is 10.0. The molecule has 94 valence electrons. The standard InChI is InChI=1S/C15H13Cl3/c1-10-5-6-12(9-14(10)17)15(18)8-11-3-2-4-13(16)7-11/h2-7,9,15H,8H2,1H3. The highest BCUT2D eigenvalue weighted by Gasteiger charge is 2.10. The average molecular weight is 300 g/mol. The van der Waals surface area contributed by atoms with Gasteiger partial charge in [0, 0.05) is 10.0 Å². The van der Waals surface area contributed by atoms with Crippen molar-refractivity contribution in [3.63, 3.8) is 0 Å². The van der Waals surface area contributed by atoms with E-state index in [1.807, 2.05) is 49.4 Å². The molecule has 1 atom stereocenters. The van der Waals surface area contributed by atoms with Crippen molar-refractivity contribution < 1.29 is 0 Å². The fourth-order valence-corrected chi connectivity index (χ4v) is 2.51. The van der Waals surface area contributed by atoms with Gasteiger partial charge in [-0.2, -0.15) is 0 Å². The second-order valence-corrected chi connectivity index (χ2v) is 5.68. The van der Waals surface area contributed by atoms with Crippen molar-refractivity contribution in [1.29, 1.82) is 0 Å². The molecule has 3 heteroatoms. The van der Waals surface area contributed by atoms with Crippen molar-refractivity contribution in [3.8, 4) is 0 Å². The van der Waals surface area contributed by atoms with Gasteiger partial charge in [-0.05, 0) is 48.2 Å². The Morgan fingerprint density at radius 1 is 1.06 bits per heavy atom. The summed E-state index contributed by atoms with van der Waals surface area (Å²) in [4.78, 5) is 0. The van der Waals surface area contributed by atoms with Crippen LogP contribution >= 0.6 is 34.8 Å². The maximum atomic E-state index is 6.42. The monoisotopic (exact) mass is 298 g/mol. The molecule has 0 aliphatic heterocycles. The number of benzene rings is 2. The smallest absolute Gasteiger partial charge is 0.0626 e. The highest BCUT2D eigenvalue weighted by molar-refractivity contribution is 6.31. The molecule has 0 bridgehead atoms. The molecule has 0 spiro atoms. The van der Waals surface area contributed by atoms with E-state index >= 15 is 0 Å². The van der Waals surface area contributed by atoms with Crippen LogP contribution in [0.1, 0.15) is 22.1 Å². The van der Waals surface area contributed by atoms with Gasteiger partial charge in [0.05, 0.1) is 5.38 Å². The van der Waals surface area contributed by atoms with Gasteiger partial charge in [-0.15, -0.1) is 11.6 Å². The Balaban J connectivity index is 2.16. The van der Waals surface area contributed by atoms with E-state index in [1.165, 1.54) is 0 Å². The van der Waals surface area contributed by atoms with Crippen LogP contribution in [0, 0.1) is 6.92 Å². The molecule has 0 saturated heterocycles. The first-order valence-corrected chi connectivity index (χ1v) is 6.90. The molecule has 0 amide bonds. The van der Waals surface area contributed by atoms with Crippen LogP contribution in [0.3, 0.4) is 0 Å². The third-order valence-electron chi connectivity index (χ3n) is 2.86. The summed E-state index contributed by atoms with van der Waals surface area (Å²) in [5, 5.41) is 1.39. The molecular formula is C15H13Cl3. The molecule has 0 nitrogen and oxygen atoms in total. The predicted octanol–water partition coefficient (Wildman–Crippen LogP) is 5.82. The van der Waals surface area contributed by atoms with E-state index in [-0.39, 0.29) is 5.38 Å². The third kappa shape index (κ3) is 3.41. The fraction of sp³-hybridized carbons (Fsp3) is 0.200. The summed E-state index contributed by atoms with van der Waals surface area (Å²) in [6.45, 7) is 1.98. The molecule has 0 saturated carbocycles. The summed E-state index contributed by atoms with van der Waals surface area (Å²) in [7, 11) is 0. The van der Waals surface area contributed by atoms with Gasteiger partial charge in [0.15, 0.2) is 0 Å². The highest BCUT2D eigenvalue weighted by atomic mass is 35.5. The third-order valence-corrected chi connectivity index (χ3v) is 3.91. The van der Waals surface area contributed by atoms with Crippen LogP contribution in [0.25, 0.3) is 0 Å². The average Bonchev–Trinajstić information content (AvgIpc) is 2.32. The maximum Gasteiger partial charge on any atom is 0.0626 e. The van der Waals surface area contributed by atoms with Gasteiger partial charge in [0.25, 0.3) is 0 Å².